The molecule has 21 heavy (non-hydrogen) atoms. The van der Waals surface area contributed by atoms with E-state index in [1.807, 2.05) is 21.0 Å². The molecule has 0 unspecified atom stereocenters. The van der Waals surface area contributed by atoms with Crippen LogP contribution >= 0.6 is 0 Å². The molecular weight excluding hydrogens is 290 g/mol. The summed E-state index contributed by atoms with van der Waals surface area (Å²) < 4.78 is 28.8. The Morgan fingerprint density at radius 2 is 2.00 bits per heavy atom. The Kier molecular flexibility index (Phi) is 4.71. The molecule has 2 heterocycles. The minimum Gasteiger partial charge on any atom is -0.352 e. The van der Waals surface area contributed by atoms with Gasteiger partial charge in [0.05, 0.1) is 29.0 Å². The fourth-order valence-corrected chi connectivity index (χ4v) is 2.94. The van der Waals surface area contributed by atoms with E-state index in [9.17, 15) is 8.42 Å². The minimum atomic E-state index is -3.55. The second-order valence-electron chi connectivity index (χ2n) is 4.78. The zero-order valence-electron chi connectivity index (χ0n) is 12.3. The number of hydrogen-bond acceptors (Lipinski definition) is 5. The molecule has 0 aliphatic heterocycles. The van der Waals surface area contributed by atoms with Crippen LogP contribution in [-0.2, 0) is 30.2 Å². The molecule has 0 spiro atoms. The molecule has 2 N–H and O–H groups in total. The highest BCUT2D eigenvalue weighted by Gasteiger charge is 2.17. The summed E-state index contributed by atoms with van der Waals surface area (Å²) in [4.78, 5) is 8.45. The van der Waals surface area contributed by atoms with Gasteiger partial charge >= 0.3 is 0 Å². The Labute approximate surface area is 124 Å². The third-order valence-electron chi connectivity index (χ3n) is 3.03. The van der Waals surface area contributed by atoms with E-state index in [-0.39, 0.29) is 11.4 Å². The lowest BCUT2D eigenvalue weighted by atomic mass is 10.4. The maximum absolute atomic E-state index is 12.2. The van der Waals surface area contributed by atoms with Gasteiger partial charge < -0.3 is 9.88 Å². The molecule has 0 radical (unpaired) electrons. The highest BCUT2D eigenvalue weighted by molar-refractivity contribution is 7.89. The molecule has 0 fully saturated rings. The molecule has 8 heteroatoms. The summed E-state index contributed by atoms with van der Waals surface area (Å²) in [6, 6.07) is 1.65. The fraction of sp³-hybridized carbons (Fsp3) is 0.385. The average Bonchev–Trinajstić information content (AvgIpc) is 2.81. The molecule has 0 amide bonds. The van der Waals surface area contributed by atoms with Crippen LogP contribution in [0, 0.1) is 6.92 Å². The van der Waals surface area contributed by atoms with Crippen molar-refractivity contribution in [2.75, 3.05) is 7.05 Å². The van der Waals surface area contributed by atoms with E-state index in [0.717, 1.165) is 11.4 Å². The topological polar surface area (TPSA) is 88.9 Å². The van der Waals surface area contributed by atoms with Crippen molar-refractivity contribution < 1.29 is 8.42 Å². The lowest BCUT2D eigenvalue weighted by Crippen LogP contribution is -2.23. The van der Waals surface area contributed by atoms with Crippen LogP contribution < -0.4 is 10.0 Å². The number of aromatic nitrogens is 3. The first-order chi connectivity index (χ1) is 9.92. The Morgan fingerprint density at radius 3 is 2.62 bits per heavy atom. The molecule has 0 bridgehead atoms. The summed E-state index contributed by atoms with van der Waals surface area (Å²) in [5.74, 6) is 0. The van der Waals surface area contributed by atoms with E-state index < -0.39 is 10.0 Å². The second kappa shape index (κ2) is 6.33. The SMILES string of the molecule is CNCc1cc(S(=O)(=O)NCc2cnc(C)cn2)cn1C. The van der Waals surface area contributed by atoms with Crippen molar-refractivity contribution in [1.29, 1.82) is 0 Å². The van der Waals surface area contributed by atoms with Crippen LogP contribution in [0.1, 0.15) is 17.1 Å². The van der Waals surface area contributed by atoms with Gasteiger partial charge in [0.25, 0.3) is 0 Å². The van der Waals surface area contributed by atoms with Gasteiger partial charge in [-0.1, -0.05) is 0 Å². The molecule has 7 nitrogen and oxygen atoms in total. The average molecular weight is 309 g/mol. The molecule has 0 aromatic carbocycles. The van der Waals surface area contributed by atoms with E-state index in [2.05, 4.69) is 20.0 Å². The molecule has 0 saturated carbocycles. The highest BCUT2D eigenvalue weighted by Crippen LogP contribution is 2.13. The Hall–Kier alpha value is -1.77. The molecule has 114 valence electrons. The number of hydrogen-bond donors (Lipinski definition) is 2. The van der Waals surface area contributed by atoms with Gasteiger partial charge in [0.15, 0.2) is 0 Å². The van der Waals surface area contributed by atoms with Gasteiger partial charge in [0.2, 0.25) is 10.0 Å². The number of sulfonamides is 1. The van der Waals surface area contributed by atoms with Crippen LogP contribution in [0.5, 0.6) is 0 Å². The summed E-state index contributed by atoms with van der Waals surface area (Å²) in [6.45, 7) is 2.55. The lowest BCUT2D eigenvalue weighted by Gasteiger charge is -2.04. The van der Waals surface area contributed by atoms with Crippen molar-refractivity contribution in [2.45, 2.75) is 24.9 Å². The number of nitrogens with zero attached hydrogens (tertiary/aromatic N) is 3. The molecule has 2 rings (SSSR count). The van der Waals surface area contributed by atoms with Crippen molar-refractivity contribution >= 4 is 10.0 Å². The number of rotatable bonds is 6. The third kappa shape index (κ3) is 3.87. The Bertz CT molecular complexity index is 707. The first-order valence-electron chi connectivity index (χ1n) is 6.49. The van der Waals surface area contributed by atoms with Crippen LogP contribution in [0.15, 0.2) is 29.6 Å². The Balaban J connectivity index is 2.11. The van der Waals surface area contributed by atoms with E-state index in [1.165, 1.54) is 0 Å². The standard InChI is InChI=1S/C13H19N5O2S/c1-10-5-16-11(6-15-10)7-17-21(19,20)13-4-12(8-14-2)18(3)9-13/h4-6,9,14,17H,7-8H2,1-3H3. The van der Waals surface area contributed by atoms with E-state index >= 15 is 0 Å². The summed E-state index contributed by atoms with van der Waals surface area (Å²) in [7, 11) is 0.0766. The maximum Gasteiger partial charge on any atom is 0.242 e. The van der Waals surface area contributed by atoms with Crippen LogP contribution in [-0.4, -0.2) is 30.0 Å². The van der Waals surface area contributed by atoms with Crippen molar-refractivity contribution in [3.63, 3.8) is 0 Å². The molecular formula is C13H19N5O2S. The number of aryl methyl sites for hydroxylation is 2. The van der Waals surface area contributed by atoms with Crippen molar-refractivity contribution in [1.82, 2.24) is 24.6 Å². The lowest BCUT2D eigenvalue weighted by molar-refractivity contribution is 0.580. The minimum absolute atomic E-state index is 0.117. The predicted molar refractivity (Wildman–Crippen MR) is 79.0 cm³/mol. The van der Waals surface area contributed by atoms with Gasteiger partial charge in [-0.3, -0.25) is 9.97 Å². The molecule has 0 saturated heterocycles. The largest absolute Gasteiger partial charge is 0.352 e. The van der Waals surface area contributed by atoms with Gasteiger partial charge in [0, 0.05) is 31.7 Å². The maximum atomic E-state index is 12.2. The van der Waals surface area contributed by atoms with E-state index in [0.29, 0.717) is 12.2 Å². The second-order valence-corrected chi connectivity index (χ2v) is 6.55. The summed E-state index contributed by atoms with van der Waals surface area (Å²) in [6.07, 6.45) is 4.77. The van der Waals surface area contributed by atoms with E-state index in [4.69, 9.17) is 0 Å². The molecule has 0 atom stereocenters. The summed E-state index contributed by atoms with van der Waals surface area (Å²) in [5, 5.41) is 3.00. The van der Waals surface area contributed by atoms with Gasteiger partial charge in [-0.2, -0.15) is 0 Å². The molecule has 0 aliphatic rings. The number of nitrogens with one attached hydrogen (secondary N) is 2. The Morgan fingerprint density at radius 1 is 1.24 bits per heavy atom. The first kappa shape index (κ1) is 15.6. The fourth-order valence-electron chi connectivity index (χ4n) is 1.84. The van der Waals surface area contributed by atoms with Crippen molar-refractivity contribution in [2.24, 2.45) is 7.05 Å². The predicted octanol–water partition coefficient (Wildman–Crippen LogP) is 0.321. The van der Waals surface area contributed by atoms with Crippen LogP contribution in [0.2, 0.25) is 0 Å². The normalized spacial score (nSPS) is 11.8. The zero-order valence-corrected chi connectivity index (χ0v) is 13.1. The van der Waals surface area contributed by atoms with E-state index in [1.54, 1.807) is 29.2 Å². The van der Waals surface area contributed by atoms with Gasteiger partial charge in [0.1, 0.15) is 0 Å². The van der Waals surface area contributed by atoms with Crippen LogP contribution in [0.4, 0.5) is 0 Å². The third-order valence-corrected chi connectivity index (χ3v) is 4.40. The van der Waals surface area contributed by atoms with Gasteiger partial charge in [-0.25, -0.2) is 13.1 Å². The molecule has 0 aliphatic carbocycles. The van der Waals surface area contributed by atoms with Crippen molar-refractivity contribution in [3.8, 4) is 0 Å². The highest BCUT2D eigenvalue weighted by atomic mass is 32.2. The smallest absolute Gasteiger partial charge is 0.242 e. The van der Waals surface area contributed by atoms with Gasteiger partial charge in [-0.15, -0.1) is 0 Å². The first-order valence-corrected chi connectivity index (χ1v) is 7.97. The molecule has 2 aromatic heterocycles. The summed E-state index contributed by atoms with van der Waals surface area (Å²) in [5.41, 5.74) is 2.27. The summed E-state index contributed by atoms with van der Waals surface area (Å²) >= 11 is 0. The quantitative estimate of drug-likeness (QED) is 0.802. The zero-order chi connectivity index (χ0) is 15.5. The monoisotopic (exact) mass is 309 g/mol. The van der Waals surface area contributed by atoms with Crippen molar-refractivity contribution in [3.05, 3.63) is 41.7 Å². The van der Waals surface area contributed by atoms with Crippen LogP contribution in [0.3, 0.4) is 0 Å². The van der Waals surface area contributed by atoms with Gasteiger partial charge in [-0.05, 0) is 20.0 Å². The molecule has 2 aromatic rings. The van der Waals surface area contributed by atoms with Crippen LogP contribution in [0.25, 0.3) is 0 Å².